The Morgan fingerprint density at radius 2 is 2.07 bits per heavy atom. The summed E-state index contributed by atoms with van der Waals surface area (Å²) in [6.07, 6.45) is -0.0134. The minimum Gasteiger partial charge on any atom is -0.303 e. The highest BCUT2D eigenvalue weighted by Crippen LogP contribution is 2.25. The third-order valence-corrected chi connectivity index (χ3v) is 1.54. The van der Waals surface area contributed by atoms with Gasteiger partial charge in [0.25, 0.3) is 0 Å². The first-order chi connectivity index (χ1) is 6.91. The van der Waals surface area contributed by atoms with Gasteiger partial charge in [0, 0.05) is 6.42 Å². The Labute approximate surface area is 86.3 Å². The van der Waals surface area contributed by atoms with E-state index in [4.69, 9.17) is 0 Å². The largest absolute Gasteiger partial charge is 0.423 e. The van der Waals surface area contributed by atoms with Crippen molar-refractivity contribution in [3.8, 4) is 0 Å². The highest BCUT2D eigenvalue weighted by Gasteiger charge is 2.31. The van der Waals surface area contributed by atoms with Gasteiger partial charge in [-0.25, -0.2) is 0 Å². The predicted molar refractivity (Wildman–Crippen MR) is 52.3 cm³/mol. The van der Waals surface area contributed by atoms with Crippen LogP contribution in [0.5, 0.6) is 0 Å². The Hall–Kier alpha value is -1.54. The molecule has 0 aliphatic carbocycles. The second-order valence-electron chi connectivity index (χ2n) is 2.83. The lowest BCUT2D eigenvalue weighted by Gasteiger charge is -2.03. The Morgan fingerprint density at radius 1 is 1.47 bits per heavy atom. The molecule has 4 heteroatoms. The van der Waals surface area contributed by atoms with Crippen LogP contribution in [0.1, 0.15) is 13.3 Å². The first-order valence-electron chi connectivity index (χ1n) is 4.16. The Kier molecular flexibility index (Phi) is 5.42. The smallest absolute Gasteiger partial charge is 0.303 e. The van der Waals surface area contributed by atoms with Gasteiger partial charge >= 0.3 is 6.18 Å². The molecule has 0 aromatic rings. The van der Waals surface area contributed by atoms with E-state index in [1.807, 2.05) is 0 Å². The summed E-state index contributed by atoms with van der Waals surface area (Å²) in [6, 6.07) is 0. The molecule has 0 aromatic heterocycles. The van der Waals surface area contributed by atoms with E-state index < -0.39 is 11.7 Å². The molecule has 0 saturated heterocycles. The molecule has 0 heterocycles. The van der Waals surface area contributed by atoms with Crippen molar-refractivity contribution in [2.75, 3.05) is 0 Å². The van der Waals surface area contributed by atoms with Crippen LogP contribution < -0.4 is 0 Å². The molecule has 0 spiro atoms. The summed E-state index contributed by atoms with van der Waals surface area (Å²) in [7, 11) is 0. The number of aldehydes is 1. The molecule has 0 unspecified atom stereocenters. The van der Waals surface area contributed by atoms with E-state index in [1.165, 1.54) is 12.2 Å². The minimum atomic E-state index is -4.44. The molecule has 0 aliphatic heterocycles. The molecule has 0 bridgehead atoms. The van der Waals surface area contributed by atoms with Crippen molar-refractivity contribution < 1.29 is 18.0 Å². The summed E-state index contributed by atoms with van der Waals surface area (Å²) in [6.45, 7) is 4.61. The predicted octanol–water partition coefficient (Wildman–Crippen LogP) is 3.35. The van der Waals surface area contributed by atoms with Crippen LogP contribution in [0, 0.1) is 0 Å². The van der Waals surface area contributed by atoms with Crippen molar-refractivity contribution in [1.82, 2.24) is 0 Å². The number of hydrogen-bond acceptors (Lipinski definition) is 1. The summed E-state index contributed by atoms with van der Waals surface area (Å²) in [5.74, 6) is 0. The van der Waals surface area contributed by atoms with Gasteiger partial charge < -0.3 is 4.79 Å². The molecule has 0 saturated carbocycles. The van der Waals surface area contributed by atoms with E-state index in [1.54, 1.807) is 12.7 Å². The van der Waals surface area contributed by atoms with Gasteiger partial charge in [-0.15, -0.1) is 5.73 Å². The van der Waals surface area contributed by atoms with E-state index in [2.05, 4.69) is 6.58 Å². The van der Waals surface area contributed by atoms with Gasteiger partial charge in [-0.3, -0.25) is 0 Å². The zero-order valence-corrected chi connectivity index (χ0v) is 8.27. The molecule has 15 heavy (non-hydrogen) atoms. The average Bonchev–Trinajstić information content (AvgIpc) is 2.10. The highest BCUT2D eigenvalue weighted by atomic mass is 19.4. The van der Waals surface area contributed by atoms with E-state index in [9.17, 15) is 18.0 Å². The molecule has 1 nitrogen and oxygen atoms in total. The maximum absolute atomic E-state index is 12.1. The first-order valence-corrected chi connectivity index (χ1v) is 4.16. The SMILES string of the molecule is C=C=C(/C=C\C=C(/C)CC=O)C(F)(F)F. The molecule has 0 aliphatic rings. The van der Waals surface area contributed by atoms with Gasteiger partial charge in [-0.1, -0.05) is 24.3 Å². The molecule has 0 atom stereocenters. The van der Waals surface area contributed by atoms with Crippen LogP contribution in [0.15, 0.2) is 41.7 Å². The minimum absolute atomic E-state index is 0.212. The summed E-state index contributed by atoms with van der Waals surface area (Å²) in [5.41, 5.74) is 1.56. The lowest BCUT2D eigenvalue weighted by molar-refractivity contribution is -0.107. The monoisotopic (exact) mass is 216 g/mol. The van der Waals surface area contributed by atoms with Gasteiger partial charge in [-0.2, -0.15) is 13.2 Å². The standard InChI is InChI=1S/C11H11F3O/c1-3-10(11(12,13)14)6-4-5-9(2)7-8-15/h4-6,8H,1,7H2,2H3/b6-4-,9-5+. The van der Waals surface area contributed by atoms with Gasteiger partial charge in [0.2, 0.25) is 0 Å². The summed E-state index contributed by atoms with van der Waals surface area (Å²) in [5, 5.41) is 0. The van der Waals surface area contributed by atoms with Crippen LogP contribution in [0.25, 0.3) is 0 Å². The van der Waals surface area contributed by atoms with E-state index >= 15 is 0 Å². The normalized spacial score (nSPS) is 12.7. The highest BCUT2D eigenvalue weighted by molar-refractivity contribution is 5.54. The molecule has 0 fully saturated rings. The number of carbonyl (C=O) groups is 1. The van der Waals surface area contributed by atoms with Crippen molar-refractivity contribution in [2.24, 2.45) is 0 Å². The van der Waals surface area contributed by atoms with E-state index in [0.717, 1.165) is 6.08 Å². The van der Waals surface area contributed by atoms with Crippen molar-refractivity contribution >= 4 is 6.29 Å². The Balaban J connectivity index is 4.60. The van der Waals surface area contributed by atoms with Crippen molar-refractivity contribution in [3.05, 3.63) is 41.7 Å². The summed E-state index contributed by atoms with van der Waals surface area (Å²) < 4.78 is 36.4. The van der Waals surface area contributed by atoms with Crippen LogP contribution in [0.3, 0.4) is 0 Å². The van der Waals surface area contributed by atoms with Crippen molar-refractivity contribution in [2.45, 2.75) is 19.5 Å². The quantitative estimate of drug-likeness (QED) is 0.400. The summed E-state index contributed by atoms with van der Waals surface area (Å²) in [4.78, 5) is 10.1. The fraction of sp³-hybridized carbons (Fsp3) is 0.273. The topological polar surface area (TPSA) is 17.1 Å². The molecule has 82 valence electrons. The lowest BCUT2D eigenvalue weighted by Crippen LogP contribution is -2.08. The molecule has 0 aromatic carbocycles. The third-order valence-electron chi connectivity index (χ3n) is 1.54. The van der Waals surface area contributed by atoms with Crippen LogP contribution in [0.4, 0.5) is 13.2 Å². The van der Waals surface area contributed by atoms with Crippen LogP contribution in [0.2, 0.25) is 0 Å². The number of alkyl halides is 3. The molecular formula is C11H11F3O. The summed E-state index contributed by atoms with van der Waals surface area (Å²) >= 11 is 0. The number of hydrogen-bond donors (Lipinski definition) is 0. The van der Waals surface area contributed by atoms with Gasteiger partial charge in [-0.05, 0) is 13.0 Å². The maximum Gasteiger partial charge on any atom is 0.423 e. The van der Waals surface area contributed by atoms with Gasteiger partial charge in [0.15, 0.2) is 0 Å². The lowest BCUT2D eigenvalue weighted by atomic mass is 10.2. The number of allylic oxidation sites excluding steroid dienone is 5. The van der Waals surface area contributed by atoms with Crippen molar-refractivity contribution in [1.29, 1.82) is 0 Å². The fourth-order valence-corrected chi connectivity index (χ4v) is 0.762. The molecule has 0 N–H and O–H groups in total. The van der Waals surface area contributed by atoms with Gasteiger partial charge in [0.1, 0.15) is 6.29 Å². The Bertz CT molecular complexity index is 328. The number of carbonyl (C=O) groups excluding carboxylic acids is 1. The van der Waals surface area contributed by atoms with Crippen LogP contribution in [-0.4, -0.2) is 12.5 Å². The average molecular weight is 216 g/mol. The number of rotatable bonds is 4. The zero-order valence-electron chi connectivity index (χ0n) is 8.27. The fourth-order valence-electron chi connectivity index (χ4n) is 0.762. The third kappa shape index (κ3) is 5.70. The number of halogens is 3. The molecule has 0 amide bonds. The Morgan fingerprint density at radius 3 is 2.47 bits per heavy atom. The van der Waals surface area contributed by atoms with E-state index in [0.29, 0.717) is 11.9 Å². The molecule has 0 rings (SSSR count). The second-order valence-corrected chi connectivity index (χ2v) is 2.83. The van der Waals surface area contributed by atoms with Crippen LogP contribution in [-0.2, 0) is 4.79 Å². The van der Waals surface area contributed by atoms with Crippen molar-refractivity contribution in [3.63, 3.8) is 0 Å². The molecule has 0 radical (unpaired) electrons. The maximum atomic E-state index is 12.1. The first kappa shape index (κ1) is 13.5. The van der Waals surface area contributed by atoms with E-state index in [-0.39, 0.29) is 6.42 Å². The van der Waals surface area contributed by atoms with Gasteiger partial charge in [0.05, 0.1) is 5.57 Å². The second kappa shape index (κ2) is 6.04. The zero-order chi connectivity index (χ0) is 11.9. The molecular weight excluding hydrogens is 205 g/mol. The van der Waals surface area contributed by atoms with Crippen LogP contribution >= 0.6 is 0 Å².